The second-order valence-corrected chi connectivity index (χ2v) is 4.97. The molecule has 0 spiro atoms. The van der Waals surface area contributed by atoms with E-state index in [-0.39, 0.29) is 0 Å². The maximum Gasteiger partial charge on any atom is 0.145 e. The second kappa shape index (κ2) is 5.99. The zero-order valence-corrected chi connectivity index (χ0v) is 12.8. The number of anilines is 1. The van der Waals surface area contributed by atoms with Crippen molar-refractivity contribution in [2.75, 3.05) is 26.1 Å². The van der Waals surface area contributed by atoms with Crippen LogP contribution in [0.4, 0.5) is 5.69 Å². The third-order valence-electron chi connectivity index (χ3n) is 3.30. The van der Waals surface area contributed by atoms with Gasteiger partial charge in [0, 0.05) is 17.9 Å². The Morgan fingerprint density at radius 1 is 1.15 bits per heavy atom. The summed E-state index contributed by atoms with van der Waals surface area (Å²) in [5.74, 6) is 1.93. The predicted molar refractivity (Wildman–Crippen MR) is 83.1 cm³/mol. The average molecular weight is 274 g/mol. The molecule has 4 heteroatoms. The van der Waals surface area contributed by atoms with Gasteiger partial charge in [-0.25, -0.2) is 4.98 Å². The summed E-state index contributed by atoms with van der Waals surface area (Å²) in [6, 6.07) is 5.91. The van der Waals surface area contributed by atoms with Crippen LogP contribution in [0.1, 0.15) is 32.4 Å². The van der Waals surface area contributed by atoms with Gasteiger partial charge in [-0.2, -0.15) is 0 Å². The van der Waals surface area contributed by atoms with Crippen molar-refractivity contribution in [3.8, 4) is 11.5 Å². The molecule has 4 nitrogen and oxygen atoms in total. The van der Waals surface area contributed by atoms with Gasteiger partial charge in [-0.1, -0.05) is 13.8 Å². The normalized spacial score (nSPS) is 10.9. The highest BCUT2D eigenvalue weighted by molar-refractivity contribution is 6.00. The van der Waals surface area contributed by atoms with Gasteiger partial charge in [0.25, 0.3) is 0 Å². The summed E-state index contributed by atoms with van der Waals surface area (Å²) in [5.41, 5.74) is 2.92. The number of methoxy groups -OCH3 is 2. The van der Waals surface area contributed by atoms with Crippen molar-refractivity contribution in [2.24, 2.45) is 0 Å². The van der Waals surface area contributed by atoms with E-state index in [9.17, 15) is 0 Å². The first-order chi connectivity index (χ1) is 9.62. The first-order valence-corrected chi connectivity index (χ1v) is 6.91. The number of ether oxygens (including phenoxy) is 2. The van der Waals surface area contributed by atoms with Crippen LogP contribution in [-0.2, 0) is 0 Å². The molecular formula is C16H22N2O2. The standard InChI is InChI=1S/C16H22N2O2/c1-6-17-12-9-11(10(2)3)18-16-14(20-5)8-7-13(19-4)15(12)16/h7-10H,6H2,1-5H3,(H,17,18). The lowest BCUT2D eigenvalue weighted by Crippen LogP contribution is -2.03. The van der Waals surface area contributed by atoms with E-state index in [4.69, 9.17) is 14.5 Å². The number of hydrogen-bond acceptors (Lipinski definition) is 4. The van der Waals surface area contributed by atoms with Crippen LogP contribution in [-0.4, -0.2) is 25.7 Å². The third kappa shape index (κ3) is 2.50. The lowest BCUT2D eigenvalue weighted by atomic mass is 10.0. The van der Waals surface area contributed by atoms with Crippen molar-refractivity contribution in [1.29, 1.82) is 0 Å². The molecule has 1 aromatic heterocycles. The highest BCUT2D eigenvalue weighted by Gasteiger charge is 2.15. The first kappa shape index (κ1) is 14.4. The number of rotatable bonds is 5. The molecule has 0 aliphatic heterocycles. The van der Waals surface area contributed by atoms with E-state index >= 15 is 0 Å². The molecule has 0 radical (unpaired) electrons. The molecule has 0 unspecified atom stereocenters. The molecule has 0 aliphatic rings. The van der Waals surface area contributed by atoms with Crippen molar-refractivity contribution in [1.82, 2.24) is 4.98 Å². The summed E-state index contributed by atoms with van der Waals surface area (Å²) in [6.45, 7) is 7.19. The van der Waals surface area contributed by atoms with Crippen molar-refractivity contribution >= 4 is 16.6 Å². The number of hydrogen-bond donors (Lipinski definition) is 1. The molecule has 1 heterocycles. The van der Waals surface area contributed by atoms with Gasteiger partial charge in [0.2, 0.25) is 0 Å². The van der Waals surface area contributed by atoms with Gasteiger partial charge in [-0.15, -0.1) is 0 Å². The van der Waals surface area contributed by atoms with E-state index in [1.807, 2.05) is 12.1 Å². The maximum atomic E-state index is 5.48. The van der Waals surface area contributed by atoms with Crippen LogP contribution in [0.15, 0.2) is 18.2 Å². The quantitative estimate of drug-likeness (QED) is 0.900. The summed E-state index contributed by atoms with van der Waals surface area (Å²) in [5, 5.41) is 4.37. The van der Waals surface area contributed by atoms with Gasteiger partial charge in [0.15, 0.2) is 0 Å². The largest absolute Gasteiger partial charge is 0.496 e. The number of pyridine rings is 1. The van der Waals surface area contributed by atoms with E-state index in [1.54, 1.807) is 14.2 Å². The van der Waals surface area contributed by atoms with Crippen LogP contribution in [0.2, 0.25) is 0 Å². The molecule has 0 amide bonds. The fourth-order valence-corrected chi connectivity index (χ4v) is 2.27. The Morgan fingerprint density at radius 2 is 1.80 bits per heavy atom. The minimum absolute atomic E-state index is 0.354. The SMILES string of the molecule is CCNc1cc(C(C)C)nc2c(OC)ccc(OC)c12. The topological polar surface area (TPSA) is 43.4 Å². The summed E-state index contributed by atoms with van der Waals surface area (Å²) >= 11 is 0. The molecule has 0 bridgehead atoms. The van der Waals surface area contributed by atoms with Gasteiger partial charge in [0.1, 0.15) is 17.0 Å². The zero-order valence-electron chi connectivity index (χ0n) is 12.8. The third-order valence-corrected chi connectivity index (χ3v) is 3.30. The highest BCUT2D eigenvalue weighted by Crippen LogP contribution is 2.38. The van der Waals surface area contributed by atoms with E-state index in [0.717, 1.165) is 40.3 Å². The molecule has 2 rings (SSSR count). The molecular weight excluding hydrogens is 252 g/mol. The Morgan fingerprint density at radius 3 is 2.35 bits per heavy atom. The van der Waals surface area contributed by atoms with Gasteiger partial charge in [-0.3, -0.25) is 0 Å². The molecule has 0 saturated heterocycles. The molecule has 20 heavy (non-hydrogen) atoms. The van der Waals surface area contributed by atoms with E-state index in [1.165, 1.54) is 0 Å². The molecule has 1 aromatic carbocycles. The number of benzene rings is 1. The van der Waals surface area contributed by atoms with Crippen LogP contribution in [0.25, 0.3) is 10.9 Å². The lowest BCUT2D eigenvalue weighted by molar-refractivity contribution is 0.409. The summed E-state index contributed by atoms with van der Waals surface area (Å²) in [6.07, 6.45) is 0. The van der Waals surface area contributed by atoms with Crippen LogP contribution in [0.5, 0.6) is 11.5 Å². The zero-order chi connectivity index (χ0) is 14.7. The van der Waals surface area contributed by atoms with E-state index in [0.29, 0.717) is 5.92 Å². The number of fused-ring (bicyclic) bond motifs is 1. The minimum atomic E-state index is 0.354. The van der Waals surface area contributed by atoms with Gasteiger partial charge < -0.3 is 14.8 Å². The van der Waals surface area contributed by atoms with Gasteiger partial charge >= 0.3 is 0 Å². The molecule has 0 atom stereocenters. The molecule has 0 aliphatic carbocycles. The fourth-order valence-electron chi connectivity index (χ4n) is 2.27. The Labute approximate surface area is 120 Å². The molecule has 0 saturated carbocycles. The van der Waals surface area contributed by atoms with Crippen LogP contribution >= 0.6 is 0 Å². The van der Waals surface area contributed by atoms with Crippen LogP contribution in [0.3, 0.4) is 0 Å². The minimum Gasteiger partial charge on any atom is -0.496 e. The van der Waals surface area contributed by atoms with Crippen LogP contribution < -0.4 is 14.8 Å². The molecule has 1 N–H and O–H groups in total. The van der Waals surface area contributed by atoms with Crippen molar-refractivity contribution in [2.45, 2.75) is 26.7 Å². The molecule has 0 fully saturated rings. The Bertz CT molecular complexity index is 609. The molecule has 2 aromatic rings. The predicted octanol–water partition coefficient (Wildman–Crippen LogP) is 3.81. The van der Waals surface area contributed by atoms with Gasteiger partial charge in [-0.05, 0) is 31.0 Å². The fraction of sp³-hybridized carbons (Fsp3) is 0.438. The van der Waals surface area contributed by atoms with Crippen molar-refractivity contribution < 1.29 is 9.47 Å². The Balaban J connectivity index is 2.83. The van der Waals surface area contributed by atoms with E-state index < -0.39 is 0 Å². The summed E-state index contributed by atoms with van der Waals surface area (Å²) in [7, 11) is 3.34. The molecule has 108 valence electrons. The monoisotopic (exact) mass is 274 g/mol. The van der Waals surface area contributed by atoms with Crippen LogP contribution in [0, 0.1) is 0 Å². The number of nitrogens with one attached hydrogen (secondary N) is 1. The summed E-state index contributed by atoms with van der Waals surface area (Å²) in [4.78, 5) is 4.75. The summed E-state index contributed by atoms with van der Waals surface area (Å²) < 4.78 is 10.9. The Kier molecular flexibility index (Phi) is 4.32. The second-order valence-electron chi connectivity index (χ2n) is 4.97. The van der Waals surface area contributed by atoms with Gasteiger partial charge in [0.05, 0.1) is 19.6 Å². The highest BCUT2D eigenvalue weighted by atomic mass is 16.5. The Hall–Kier alpha value is -1.97. The average Bonchev–Trinajstić information content (AvgIpc) is 2.45. The van der Waals surface area contributed by atoms with Crippen molar-refractivity contribution in [3.05, 3.63) is 23.9 Å². The van der Waals surface area contributed by atoms with E-state index in [2.05, 4.69) is 32.2 Å². The number of nitrogens with zero attached hydrogens (tertiary/aromatic N) is 1. The number of aromatic nitrogens is 1. The maximum absolute atomic E-state index is 5.48. The smallest absolute Gasteiger partial charge is 0.145 e. The first-order valence-electron chi connectivity index (χ1n) is 6.91. The van der Waals surface area contributed by atoms with Crippen molar-refractivity contribution in [3.63, 3.8) is 0 Å². The lowest BCUT2D eigenvalue weighted by Gasteiger charge is -2.16.